The SMILES string of the molecule is CC(C)(C)OC(=O)NCCCc1cccc(Br)c1.CCC/C=C(\CCCC)c1cccc(CCCN)c1.CCCCC(=O)CCCC.CCCCC(CCCC)c1cccc(CCCN)c1.CCCCC(O)(CCCC)c1cccc(CCCNC(=O)OC(C)(C)C)c1.CCOC(C)=O.CCOC(C)=O.Cl. The molecule has 0 saturated heterocycles. The van der Waals surface area contributed by atoms with Crippen LogP contribution in [0.4, 0.5) is 9.59 Å². The maximum absolute atomic E-state index is 11.7. The predicted molar refractivity (Wildman–Crippen MR) is 456 cm³/mol. The van der Waals surface area contributed by atoms with Gasteiger partial charge < -0.3 is 46.2 Å². The van der Waals surface area contributed by atoms with E-state index in [-0.39, 0.29) is 36.5 Å². The predicted octanol–water partition coefficient (Wildman–Crippen LogP) is 24.1. The maximum atomic E-state index is 11.7. The van der Waals surface area contributed by atoms with Crippen molar-refractivity contribution in [1.82, 2.24) is 10.6 Å². The van der Waals surface area contributed by atoms with Crippen molar-refractivity contribution < 1.29 is 48.0 Å². The van der Waals surface area contributed by atoms with Crippen LogP contribution in [0, 0.1) is 0 Å². The highest BCUT2D eigenvalue weighted by molar-refractivity contribution is 9.10. The normalized spacial score (nSPS) is 10.9. The van der Waals surface area contributed by atoms with Gasteiger partial charge in [-0.25, -0.2) is 9.59 Å². The number of ketones is 1. The molecule has 106 heavy (non-hydrogen) atoms. The van der Waals surface area contributed by atoms with Crippen molar-refractivity contribution >= 4 is 63.8 Å². The number of Topliss-reactive ketones (excluding diaryl/α,β-unsaturated/α-hetero) is 1. The number of carbonyl (C=O) groups excluding carboxylic acids is 5. The average Bonchev–Trinajstić information content (AvgIpc) is 0.826. The van der Waals surface area contributed by atoms with Crippen molar-refractivity contribution in [3.8, 4) is 0 Å². The number of alkyl carbamates (subject to hydrolysis) is 2. The Morgan fingerprint density at radius 3 is 1.27 bits per heavy atom. The molecule has 14 nitrogen and oxygen atoms in total. The number of esters is 2. The summed E-state index contributed by atoms with van der Waals surface area (Å²) in [5.41, 5.74) is 20.4. The number of nitrogens with two attached hydrogens (primary N) is 2. The molecule has 0 spiro atoms. The summed E-state index contributed by atoms with van der Waals surface area (Å²) in [7, 11) is 0. The third kappa shape index (κ3) is 64.4. The van der Waals surface area contributed by atoms with E-state index >= 15 is 0 Å². The molecule has 4 rings (SSSR count). The van der Waals surface area contributed by atoms with Gasteiger partial charge in [-0.15, -0.1) is 12.4 Å². The van der Waals surface area contributed by atoms with Crippen LogP contribution in [0.3, 0.4) is 0 Å². The molecule has 0 bridgehead atoms. The number of halogens is 2. The van der Waals surface area contributed by atoms with Crippen LogP contribution in [-0.2, 0) is 64.6 Å². The maximum Gasteiger partial charge on any atom is 0.407 e. The second-order valence-electron chi connectivity index (χ2n) is 29.1. The summed E-state index contributed by atoms with van der Waals surface area (Å²) in [6, 6.07) is 34.7. The summed E-state index contributed by atoms with van der Waals surface area (Å²) in [6.07, 6.45) is 35.7. The Kier molecular flexibility index (Phi) is 70.4. The van der Waals surface area contributed by atoms with Crippen molar-refractivity contribution in [1.29, 1.82) is 0 Å². The number of carbonyl (C=O) groups is 5. The van der Waals surface area contributed by atoms with Crippen LogP contribution in [0.5, 0.6) is 0 Å². The number of hydrogen-bond acceptors (Lipinski definition) is 12. The van der Waals surface area contributed by atoms with Crippen LogP contribution < -0.4 is 22.1 Å². The molecule has 0 radical (unpaired) electrons. The van der Waals surface area contributed by atoms with E-state index in [9.17, 15) is 29.1 Å². The van der Waals surface area contributed by atoms with Gasteiger partial charge in [-0.05, 0) is 240 Å². The lowest BCUT2D eigenvalue weighted by Gasteiger charge is -2.29. The van der Waals surface area contributed by atoms with Gasteiger partial charge in [0.2, 0.25) is 0 Å². The number of nitrogens with one attached hydrogen (secondary N) is 2. The number of amides is 2. The molecular formula is C90H154BrClN4O10. The third-order valence-electron chi connectivity index (χ3n) is 16.5. The number of ether oxygens (including phenoxy) is 4. The topological polar surface area (TPSA) is 219 Å². The number of aryl methyl sites for hydroxylation is 4. The quantitative estimate of drug-likeness (QED) is 0.0159. The van der Waals surface area contributed by atoms with Gasteiger partial charge in [0, 0.05) is 44.3 Å². The minimum Gasteiger partial charge on any atom is -0.466 e. The molecule has 16 heteroatoms. The fourth-order valence-corrected chi connectivity index (χ4v) is 11.4. The van der Waals surface area contributed by atoms with Gasteiger partial charge in [-0.2, -0.15) is 0 Å². The highest BCUT2D eigenvalue weighted by Crippen LogP contribution is 2.34. The summed E-state index contributed by atoms with van der Waals surface area (Å²) in [4.78, 5) is 53.7. The first kappa shape index (κ1) is 107. The molecule has 2 amide bonds. The monoisotopic (exact) mass is 1570 g/mol. The molecule has 0 fully saturated rings. The van der Waals surface area contributed by atoms with E-state index in [0.29, 0.717) is 32.1 Å². The van der Waals surface area contributed by atoms with Crippen LogP contribution in [0.1, 0.15) is 343 Å². The zero-order valence-electron chi connectivity index (χ0n) is 70.1. The molecule has 0 aliphatic heterocycles. The molecule has 0 unspecified atom stereocenters. The first-order chi connectivity index (χ1) is 50.0. The van der Waals surface area contributed by atoms with Gasteiger partial charge >= 0.3 is 24.1 Å². The Hall–Kier alpha value is -5.58. The summed E-state index contributed by atoms with van der Waals surface area (Å²) in [5.74, 6) is 0.788. The molecule has 608 valence electrons. The molecule has 7 N–H and O–H groups in total. The summed E-state index contributed by atoms with van der Waals surface area (Å²) in [5, 5.41) is 16.8. The minimum atomic E-state index is -0.725. The van der Waals surface area contributed by atoms with E-state index in [2.05, 4.69) is 170 Å². The summed E-state index contributed by atoms with van der Waals surface area (Å²) >= 11 is 3.44. The fourth-order valence-electron chi connectivity index (χ4n) is 10.9. The minimum absolute atomic E-state index is 0. The fraction of sp³-hybridized carbons (Fsp3) is 0.656. The molecule has 0 saturated carbocycles. The Morgan fingerprint density at radius 2 is 0.877 bits per heavy atom. The van der Waals surface area contributed by atoms with Crippen molar-refractivity contribution in [2.75, 3.05) is 39.4 Å². The largest absolute Gasteiger partial charge is 0.466 e. The Labute approximate surface area is 662 Å². The van der Waals surface area contributed by atoms with Crippen LogP contribution in [0.25, 0.3) is 5.57 Å². The number of unbranched alkanes of at least 4 members (excludes halogenated alkanes) is 8. The number of allylic oxidation sites excluding steroid dienone is 2. The Balaban J connectivity index is -0.000000600. The number of rotatable bonds is 42. The van der Waals surface area contributed by atoms with Crippen LogP contribution in [0.2, 0.25) is 0 Å². The molecule has 0 aromatic heterocycles. The lowest BCUT2D eigenvalue weighted by atomic mass is 9.83. The molecule has 4 aromatic carbocycles. The van der Waals surface area contributed by atoms with Crippen LogP contribution in [-0.4, -0.2) is 85.6 Å². The molecule has 0 aliphatic carbocycles. The molecule has 0 heterocycles. The standard InChI is InChI=1S/C23H39NO3.C18H31N.C18H29N.C14H20BrNO2.C9H18O.2C4H8O2.ClH/c1-6-8-15-23(26,16-9-7-2)20-14-10-12-19(18-20)13-11-17-24-21(25)27-22(3,4)5;2*1-3-5-11-17(12-6-4-2)18-13-7-9-16(15-18)10-8-14-19;1-14(2,3)18-13(17)16-9-5-7-11-6-4-8-12(15)10-11;1-3-5-7-9(10)8-6-4-2;2*1-3-6-4(2)5;/h10,12,14,18,26H,6-9,11,13,15-17H2,1-5H3,(H,24,25);7,9,13,15,17H,3-6,8,10-12,14,19H2,1-2H3;7,9,11,13,15H,3-6,8,10,12,14,19H2,1-2H3;4,6,8,10H,5,7,9H2,1-3H3,(H,16,17);3-8H2,1-2H3;2*3H2,1-2H3;1H/b;;17-11+;;;;;. The van der Waals surface area contributed by atoms with Crippen molar-refractivity contribution in [3.63, 3.8) is 0 Å². The zero-order chi connectivity index (χ0) is 79.6. The molecule has 4 aromatic rings. The van der Waals surface area contributed by atoms with Gasteiger partial charge in [-0.3, -0.25) is 14.4 Å². The third-order valence-corrected chi connectivity index (χ3v) is 17.0. The van der Waals surface area contributed by atoms with Gasteiger partial charge in [-0.1, -0.05) is 239 Å². The number of hydrogen-bond donors (Lipinski definition) is 5. The number of benzene rings is 4. The first-order valence-corrected chi connectivity index (χ1v) is 41.4. The average molecular weight is 1570 g/mol. The Bertz CT molecular complexity index is 2790. The zero-order valence-corrected chi connectivity index (χ0v) is 72.5. The van der Waals surface area contributed by atoms with E-state index in [0.717, 1.165) is 157 Å². The first-order valence-electron chi connectivity index (χ1n) is 40.6. The number of aliphatic hydroxyl groups is 1. The lowest BCUT2D eigenvalue weighted by Crippen LogP contribution is -2.33. The summed E-state index contributed by atoms with van der Waals surface area (Å²) < 4.78 is 20.3. The van der Waals surface area contributed by atoms with Gasteiger partial charge in [0.25, 0.3) is 0 Å². The van der Waals surface area contributed by atoms with Gasteiger partial charge in [0.15, 0.2) is 0 Å². The lowest BCUT2D eigenvalue weighted by molar-refractivity contribution is -0.141. The van der Waals surface area contributed by atoms with E-state index in [1.807, 2.05) is 65.8 Å². The van der Waals surface area contributed by atoms with Crippen molar-refractivity contribution in [2.24, 2.45) is 11.5 Å². The second-order valence-corrected chi connectivity index (χ2v) is 30.0. The highest BCUT2D eigenvalue weighted by Gasteiger charge is 2.28. The van der Waals surface area contributed by atoms with Crippen molar-refractivity contribution in [2.45, 2.75) is 346 Å². The van der Waals surface area contributed by atoms with Gasteiger partial charge in [0.1, 0.15) is 17.0 Å². The second kappa shape index (κ2) is 69.8. The van der Waals surface area contributed by atoms with E-state index in [1.165, 1.54) is 118 Å². The van der Waals surface area contributed by atoms with Crippen LogP contribution >= 0.6 is 28.3 Å². The van der Waals surface area contributed by atoms with E-state index in [4.69, 9.17) is 20.9 Å². The van der Waals surface area contributed by atoms with Gasteiger partial charge in [0.05, 0.1) is 18.8 Å². The van der Waals surface area contributed by atoms with Crippen LogP contribution in [0.15, 0.2) is 108 Å². The molecular weight excluding hydrogens is 1410 g/mol. The smallest absolute Gasteiger partial charge is 0.407 e. The highest BCUT2D eigenvalue weighted by atomic mass is 79.9. The Morgan fingerprint density at radius 1 is 0.481 bits per heavy atom. The summed E-state index contributed by atoms with van der Waals surface area (Å²) in [6.45, 7) is 38.8. The van der Waals surface area contributed by atoms with E-state index < -0.39 is 16.8 Å². The van der Waals surface area contributed by atoms with Crippen molar-refractivity contribution in [3.05, 3.63) is 147 Å². The molecule has 0 atom stereocenters. The van der Waals surface area contributed by atoms with E-state index in [1.54, 1.807) is 19.4 Å². The molecule has 0 aliphatic rings.